The van der Waals surface area contributed by atoms with Crippen LogP contribution in [0.4, 0.5) is 0 Å². The zero-order chi connectivity index (χ0) is 21.5. The van der Waals surface area contributed by atoms with Crippen LogP contribution in [-0.2, 0) is 6.61 Å². The van der Waals surface area contributed by atoms with Crippen molar-refractivity contribution < 1.29 is 14.6 Å². The maximum atomic E-state index is 13.3. The molecule has 0 aromatic heterocycles. The molecule has 1 N–H and O–H groups in total. The van der Waals surface area contributed by atoms with Crippen LogP contribution in [0.2, 0.25) is 0 Å². The second-order valence-corrected chi connectivity index (χ2v) is 9.99. The molecule has 2 aromatic carbocycles. The van der Waals surface area contributed by atoms with Crippen LogP contribution >= 0.6 is 0 Å². The Morgan fingerprint density at radius 2 is 1.93 bits per heavy atom. The SMILES string of the molecule is CN(C)C[C@@]12CN(C(=O)c3cc(O)cc(OCc4ccccc4)c3)C[C@@H]1C(C)(C)C2. The highest BCUT2D eigenvalue weighted by Crippen LogP contribution is 2.63. The van der Waals surface area contributed by atoms with Crippen LogP contribution in [0.3, 0.4) is 0 Å². The third-order valence-electron chi connectivity index (χ3n) is 6.70. The van der Waals surface area contributed by atoms with Gasteiger partial charge in [0, 0.05) is 36.7 Å². The predicted octanol–water partition coefficient (Wildman–Crippen LogP) is 4.02. The van der Waals surface area contributed by atoms with Crippen LogP contribution in [0.5, 0.6) is 11.5 Å². The van der Waals surface area contributed by atoms with Crippen LogP contribution in [-0.4, -0.2) is 54.5 Å². The maximum Gasteiger partial charge on any atom is 0.254 e. The summed E-state index contributed by atoms with van der Waals surface area (Å²) in [4.78, 5) is 17.5. The molecule has 1 saturated heterocycles. The van der Waals surface area contributed by atoms with Crippen molar-refractivity contribution in [2.24, 2.45) is 16.7 Å². The molecule has 0 unspecified atom stereocenters. The van der Waals surface area contributed by atoms with Gasteiger partial charge in [0.05, 0.1) is 0 Å². The normalized spacial score (nSPS) is 24.4. The highest BCUT2D eigenvalue weighted by molar-refractivity contribution is 5.95. The van der Waals surface area contributed by atoms with Crippen molar-refractivity contribution in [3.8, 4) is 11.5 Å². The fourth-order valence-corrected chi connectivity index (χ4v) is 5.84. The first-order chi connectivity index (χ1) is 14.2. The van der Waals surface area contributed by atoms with Gasteiger partial charge in [0.25, 0.3) is 5.91 Å². The van der Waals surface area contributed by atoms with Crippen LogP contribution in [0, 0.1) is 16.7 Å². The number of ether oxygens (including phenoxy) is 1. The number of hydrogen-bond acceptors (Lipinski definition) is 4. The highest BCUT2D eigenvalue weighted by Gasteiger charge is 2.63. The van der Waals surface area contributed by atoms with E-state index in [9.17, 15) is 9.90 Å². The van der Waals surface area contributed by atoms with Gasteiger partial charge >= 0.3 is 0 Å². The minimum atomic E-state index is -0.0289. The molecule has 2 aromatic rings. The summed E-state index contributed by atoms with van der Waals surface area (Å²) in [5.74, 6) is 1.03. The van der Waals surface area contributed by atoms with E-state index in [0.29, 0.717) is 23.8 Å². The minimum absolute atomic E-state index is 0.0289. The van der Waals surface area contributed by atoms with Gasteiger partial charge in [0.15, 0.2) is 0 Å². The van der Waals surface area contributed by atoms with E-state index >= 15 is 0 Å². The van der Waals surface area contributed by atoms with Crippen LogP contribution in [0.25, 0.3) is 0 Å². The molecular weight excluding hydrogens is 376 g/mol. The first kappa shape index (κ1) is 20.7. The Hall–Kier alpha value is -2.53. The van der Waals surface area contributed by atoms with E-state index < -0.39 is 0 Å². The van der Waals surface area contributed by atoms with Crippen LogP contribution in [0.1, 0.15) is 36.2 Å². The van der Waals surface area contributed by atoms with Gasteiger partial charge in [-0.15, -0.1) is 0 Å². The Kier molecular flexibility index (Phi) is 5.27. The van der Waals surface area contributed by atoms with E-state index in [1.807, 2.05) is 35.2 Å². The zero-order valence-electron chi connectivity index (χ0n) is 18.4. The monoisotopic (exact) mass is 408 g/mol. The summed E-state index contributed by atoms with van der Waals surface area (Å²) in [6.45, 7) is 7.55. The van der Waals surface area contributed by atoms with Crippen molar-refractivity contribution >= 4 is 5.91 Å². The van der Waals surface area contributed by atoms with Crippen molar-refractivity contribution in [2.75, 3.05) is 33.7 Å². The topological polar surface area (TPSA) is 53.0 Å². The smallest absolute Gasteiger partial charge is 0.254 e. The molecule has 2 fully saturated rings. The van der Waals surface area contributed by atoms with E-state index in [1.54, 1.807) is 18.2 Å². The van der Waals surface area contributed by atoms with Crippen molar-refractivity contribution in [2.45, 2.75) is 26.9 Å². The number of aromatic hydroxyl groups is 1. The quantitative estimate of drug-likeness (QED) is 0.784. The van der Waals surface area contributed by atoms with E-state index in [4.69, 9.17) is 4.74 Å². The lowest BCUT2D eigenvalue weighted by Gasteiger charge is -2.57. The molecule has 2 atom stereocenters. The fourth-order valence-electron chi connectivity index (χ4n) is 5.84. The highest BCUT2D eigenvalue weighted by atomic mass is 16.5. The van der Waals surface area contributed by atoms with Gasteiger partial charge in [-0.3, -0.25) is 4.79 Å². The Bertz CT molecular complexity index is 921. The van der Waals surface area contributed by atoms with Crippen molar-refractivity contribution in [3.63, 3.8) is 0 Å². The molecule has 1 amide bonds. The average Bonchev–Trinajstić information content (AvgIpc) is 3.00. The second-order valence-electron chi connectivity index (χ2n) is 9.99. The van der Waals surface area contributed by atoms with Gasteiger partial charge in [0.1, 0.15) is 18.1 Å². The van der Waals surface area contributed by atoms with E-state index in [1.165, 1.54) is 0 Å². The number of benzene rings is 2. The van der Waals surface area contributed by atoms with Gasteiger partial charge in [0.2, 0.25) is 0 Å². The van der Waals surface area contributed by atoms with Crippen molar-refractivity contribution in [1.29, 1.82) is 0 Å². The zero-order valence-corrected chi connectivity index (χ0v) is 18.4. The molecule has 160 valence electrons. The third kappa shape index (κ3) is 3.91. The Morgan fingerprint density at radius 3 is 2.60 bits per heavy atom. The van der Waals surface area contributed by atoms with Gasteiger partial charge < -0.3 is 19.6 Å². The largest absolute Gasteiger partial charge is 0.508 e. The molecule has 0 spiro atoms. The Labute approximate surface area is 179 Å². The fraction of sp³-hybridized carbons (Fsp3) is 0.480. The first-order valence-electron chi connectivity index (χ1n) is 10.6. The number of rotatable bonds is 6. The minimum Gasteiger partial charge on any atom is -0.508 e. The Morgan fingerprint density at radius 1 is 1.20 bits per heavy atom. The maximum absolute atomic E-state index is 13.3. The molecule has 4 rings (SSSR count). The number of phenols is 1. The number of amides is 1. The molecule has 5 nitrogen and oxygen atoms in total. The van der Waals surface area contributed by atoms with Gasteiger partial charge in [-0.25, -0.2) is 0 Å². The number of carbonyl (C=O) groups is 1. The van der Waals surface area contributed by atoms with E-state index in [0.717, 1.165) is 31.6 Å². The number of carbonyl (C=O) groups excluding carboxylic acids is 1. The summed E-state index contributed by atoms with van der Waals surface area (Å²) < 4.78 is 5.85. The number of nitrogens with zero attached hydrogens (tertiary/aromatic N) is 2. The molecule has 2 aliphatic rings. The molecule has 0 bridgehead atoms. The van der Waals surface area contributed by atoms with Crippen LogP contribution in [0.15, 0.2) is 48.5 Å². The third-order valence-corrected chi connectivity index (χ3v) is 6.70. The molecule has 5 heteroatoms. The Balaban J connectivity index is 1.50. The lowest BCUT2D eigenvalue weighted by molar-refractivity contribution is -0.0789. The van der Waals surface area contributed by atoms with E-state index in [2.05, 4.69) is 32.8 Å². The summed E-state index contributed by atoms with van der Waals surface area (Å²) in [5.41, 5.74) is 1.95. The molecule has 1 heterocycles. The molecular formula is C25H32N2O3. The predicted molar refractivity (Wildman–Crippen MR) is 118 cm³/mol. The lowest BCUT2D eigenvalue weighted by Crippen LogP contribution is -2.57. The van der Waals surface area contributed by atoms with Gasteiger partial charge in [-0.1, -0.05) is 44.2 Å². The first-order valence-corrected chi connectivity index (χ1v) is 10.6. The second kappa shape index (κ2) is 7.62. The van der Waals surface area contributed by atoms with Crippen molar-refractivity contribution in [1.82, 2.24) is 9.80 Å². The van der Waals surface area contributed by atoms with Gasteiger partial charge in [-0.05, 0) is 49.5 Å². The molecule has 1 aliphatic carbocycles. The summed E-state index contributed by atoms with van der Waals surface area (Å²) in [6.07, 6.45) is 1.14. The number of phenolic OH excluding ortho intramolecular Hbond substituents is 1. The summed E-state index contributed by atoms with van der Waals surface area (Å²) in [6, 6.07) is 14.7. The van der Waals surface area contributed by atoms with Crippen molar-refractivity contribution in [3.05, 3.63) is 59.7 Å². The number of likely N-dealkylation sites (tertiary alicyclic amines) is 1. The van der Waals surface area contributed by atoms with Crippen LogP contribution < -0.4 is 4.74 Å². The standard InChI is InChI=1S/C25H32N2O3/c1-24(2)15-25(16-26(3)4)17-27(13-22(24)25)23(29)19-10-20(28)12-21(11-19)30-14-18-8-6-5-7-9-18/h5-12,22,28H,13-17H2,1-4H3/t22-,25+/m1/s1. The number of fused-ring (bicyclic) bond motifs is 1. The summed E-state index contributed by atoms with van der Waals surface area (Å²) >= 11 is 0. The summed E-state index contributed by atoms with van der Waals surface area (Å²) in [5, 5.41) is 10.2. The number of hydrogen-bond donors (Lipinski definition) is 1. The molecule has 1 saturated carbocycles. The average molecular weight is 409 g/mol. The molecule has 0 radical (unpaired) electrons. The summed E-state index contributed by atoms with van der Waals surface area (Å²) in [7, 11) is 4.21. The molecule has 1 aliphatic heterocycles. The lowest BCUT2D eigenvalue weighted by atomic mass is 9.48. The molecule has 30 heavy (non-hydrogen) atoms. The van der Waals surface area contributed by atoms with E-state index in [-0.39, 0.29) is 22.5 Å². The van der Waals surface area contributed by atoms with Gasteiger partial charge in [-0.2, -0.15) is 0 Å².